The largest absolute Gasteiger partial charge is 0.497 e. The van der Waals surface area contributed by atoms with Gasteiger partial charge in [0.15, 0.2) is 0 Å². The average Bonchev–Trinajstić information content (AvgIpc) is 2.87. The van der Waals surface area contributed by atoms with Gasteiger partial charge in [-0.1, -0.05) is 68.8 Å². The highest BCUT2D eigenvalue weighted by Crippen LogP contribution is 2.28. The molecule has 0 radical (unpaired) electrons. The van der Waals surface area contributed by atoms with Gasteiger partial charge in [-0.05, 0) is 67.1 Å². The summed E-state index contributed by atoms with van der Waals surface area (Å²) in [5, 5.41) is 3.09. The molecule has 1 unspecified atom stereocenters. The van der Waals surface area contributed by atoms with Gasteiger partial charge in [-0.2, -0.15) is 0 Å². The second-order valence-corrected chi connectivity index (χ2v) is 11.2. The fraction of sp³-hybridized carbons (Fsp3) is 0.345. The molecule has 1 N–H and O–H groups in total. The number of amides is 1. The Labute approximate surface area is 215 Å². The minimum absolute atomic E-state index is 0.153. The lowest BCUT2D eigenvalue weighted by Gasteiger charge is -2.28. The molecule has 0 heterocycles. The highest BCUT2D eigenvalue weighted by molar-refractivity contribution is 7.92. The number of para-hydroxylation sites is 1. The average molecular weight is 509 g/mol. The topological polar surface area (TPSA) is 75.7 Å². The van der Waals surface area contributed by atoms with E-state index in [0.717, 1.165) is 22.4 Å². The Morgan fingerprint density at radius 1 is 0.972 bits per heavy atom. The lowest BCUT2D eigenvalue weighted by atomic mass is 9.97. The molecule has 0 aliphatic carbocycles. The fourth-order valence-electron chi connectivity index (χ4n) is 4.15. The molecule has 192 valence electrons. The van der Waals surface area contributed by atoms with Crippen molar-refractivity contribution < 1.29 is 17.9 Å². The molecule has 0 saturated heterocycles. The van der Waals surface area contributed by atoms with Crippen LogP contribution in [0.5, 0.6) is 5.75 Å². The van der Waals surface area contributed by atoms with Crippen LogP contribution in [0.4, 0.5) is 5.69 Å². The summed E-state index contributed by atoms with van der Waals surface area (Å²) in [6.07, 6.45) is 1.36. The molecular formula is C29H36N2O4S. The zero-order valence-electron chi connectivity index (χ0n) is 21.7. The Bertz CT molecular complexity index is 1250. The third-order valence-corrected chi connectivity index (χ3v) is 7.87. The van der Waals surface area contributed by atoms with Crippen LogP contribution in [0, 0.1) is 12.8 Å². The van der Waals surface area contributed by atoms with Gasteiger partial charge in [0.05, 0.1) is 23.7 Å². The number of nitrogens with one attached hydrogen (secondary N) is 1. The summed E-state index contributed by atoms with van der Waals surface area (Å²) in [4.78, 5) is 13.6. The number of carbonyl (C=O) groups is 1. The molecule has 0 aromatic heterocycles. The number of aryl methyl sites for hydroxylation is 2. The Balaban J connectivity index is 1.95. The van der Waals surface area contributed by atoms with Gasteiger partial charge in [0, 0.05) is 0 Å². The van der Waals surface area contributed by atoms with Crippen LogP contribution in [0.2, 0.25) is 0 Å². The molecule has 0 fully saturated rings. The van der Waals surface area contributed by atoms with Gasteiger partial charge in [-0.3, -0.25) is 9.10 Å². The summed E-state index contributed by atoms with van der Waals surface area (Å²) in [6, 6.07) is 21.3. The number of carbonyl (C=O) groups excluding carboxylic acids is 1. The van der Waals surface area contributed by atoms with Crippen LogP contribution in [0.3, 0.4) is 0 Å². The maximum atomic E-state index is 13.8. The number of rotatable bonds is 11. The van der Waals surface area contributed by atoms with Crippen molar-refractivity contribution in [1.29, 1.82) is 0 Å². The molecule has 3 rings (SSSR count). The first-order chi connectivity index (χ1) is 17.1. The molecule has 3 aromatic rings. The molecular weight excluding hydrogens is 472 g/mol. The van der Waals surface area contributed by atoms with E-state index in [1.165, 1.54) is 4.31 Å². The van der Waals surface area contributed by atoms with E-state index in [-0.39, 0.29) is 23.4 Å². The van der Waals surface area contributed by atoms with E-state index in [0.29, 0.717) is 24.4 Å². The predicted octanol–water partition coefficient (Wildman–Crippen LogP) is 5.66. The van der Waals surface area contributed by atoms with E-state index in [4.69, 9.17) is 4.74 Å². The van der Waals surface area contributed by atoms with Crippen LogP contribution in [-0.2, 0) is 21.2 Å². The zero-order valence-corrected chi connectivity index (χ0v) is 22.5. The van der Waals surface area contributed by atoms with Crippen molar-refractivity contribution >= 4 is 21.6 Å². The van der Waals surface area contributed by atoms with Gasteiger partial charge in [0.1, 0.15) is 12.3 Å². The highest BCUT2D eigenvalue weighted by atomic mass is 32.2. The van der Waals surface area contributed by atoms with E-state index >= 15 is 0 Å². The third-order valence-electron chi connectivity index (χ3n) is 6.10. The molecule has 1 atom stereocenters. The lowest BCUT2D eigenvalue weighted by molar-refractivity contribution is -0.120. The number of methoxy groups -OCH3 is 1. The summed E-state index contributed by atoms with van der Waals surface area (Å²) >= 11 is 0. The summed E-state index contributed by atoms with van der Waals surface area (Å²) in [7, 11) is -2.36. The number of benzene rings is 3. The third kappa shape index (κ3) is 6.66. The van der Waals surface area contributed by atoms with Gasteiger partial charge in [-0.15, -0.1) is 0 Å². The number of sulfonamides is 1. The van der Waals surface area contributed by atoms with E-state index in [1.807, 2.05) is 50.2 Å². The molecule has 6 nitrogen and oxygen atoms in total. The molecule has 7 heteroatoms. The summed E-state index contributed by atoms with van der Waals surface area (Å²) < 4.78 is 34.1. The van der Waals surface area contributed by atoms with Gasteiger partial charge in [0.2, 0.25) is 5.91 Å². The van der Waals surface area contributed by atoms with E-state index in [9.17, 15) is 13.2 Å². The second-order valence-electron chi connectivity index (χ2n) is 9.33. The van der Waals surface area contributed by atoms with E-state index in [1.54, 1.807) is 43.5 Å². The molecule has 0 saturated carbocycles. The van der Waals surface area contributed by atoms with Crippen LogP contribution >= 0.6 is 0 Å². The van der Waals surface area contributed by atoms with Crippen LogP contribution in [-0.4, -0.2) is 28.0 Å². The first kappa shape index (κ1) is 27.3. The molecule has 0 aliphatic rings. The quantitative estimate of drug-likeness (QED) is 0.362. The lowest BCUT2D eigenvalue weighted by Crippen LogP contribution is -2.42. The van der Waals surface area contributed by atoms with Crippen LogP contribution in [0.15, 0.2) is 77.7 Å². The van der Waals surface area contributed by atoms with Crippen molar-refractivity contribution in [2.45, 2.75) is 51.5 Å². The van der Waals surface area contributed by atoms with Crippen LogP contribution in [0.1, 0.15) is 49.9 Å². The Hall–Kier alpha value is -3.32. The van der Waals surface area contributed by atoms with Crippen molar-refractivity contribution in [1.82, 2.24) is 5.32 Å². The van der Waals surface area contributed by atoms with Gasteiger partial charge in [-0.25, -0.2) is 8.42 Å². The molecule has 1 amide bonds. The van der Waals surface area contributed by atoms with Gasteiger partial charge < -0.3 is 10.1 Å². The second kappa shape index (κ2) is 12.1. The summed E-state index contributed by atoms with van der Waals surface area (Å²) in [6.45, 7) is 7.74. The smallest absolute Gasteiger partial charge is 0.264 e. The molecule has 3 aromatic carbocycles. The first-order valence-electron chi connectivity index (χ1n) is 12.3. The van der Waals surface area contributed by atoms with Crippen molar-refractivity contribution in [3.8, 4) is 5.75 Å². The zero-order chi connectivity index (χ0) is 26.3. The number of anilines is 1. The number of ether oxygens (including phenoxy) is 1. The maximum Gasteiger partial charge on any atom is 0.264 e. The number of hydrogen-bond donors (Lipinski definition) is 1. The normalized spacial score (nSPS) is 12.3. The maximum absolute atomic E-state index is 13.8. The minimum atomic E-state index is -3.98. The van der Waals surface area contributed by atoms with Crippen molar-refractivity contribution in [2.24, 2.45) is 5.92 Å². The Morgan fingerprint density at radius 2 is 1.61 bits per heavy atom. The van der Waals surface area contributed by atoms with Gasteiger partial charge >= 0.3 is 0 Å². The molecule has 0 bridgehead atoms. The van der Waals surface area contributed by atoms with Crippen molar-refractivity contribution in [3.05, 3.63) is 89.5 Å². The Kier molecular flexibility index (Phi) is 9.15. The number of nitrogens with zero attached hydrogens (tertiary/aromatic N) is 1. The standard InChI is InChI=1S/C29H36N2O4S/c1-6-23-9-7-8-10-28(23)31(36(33,34)26-17-11-22(4)12-18-26)20-29(32)30-27(19-21(2)3)24-13-15-25(35-5)16-14-24/h7-18,21,27H,6,19-20H2,1-5H3,(H,30,32). The summed E-state index contributed by atoms with van der Waals surface area (Å²) in [5.74, 6) is 0.698. The highest BCUT2D eigenvalue weighted by Gasteiger charge is 2.29. The monoisotopic (exact) mass is 508 g/mol. The van der Waals surface area contributed by atoms with Crippen LogP contribution < -0.4 is 14.4 Å². The molecule has 0 spiro atoms. The fourth-order valence-corrected chi connectivity index (χ4v) is 5.61. The van der Waals surface area contributed by atoms with Gasteiger partial charge in [0.25, 0.3) is 10.0 Å². The van der Waals surface area contributed by atoms with Crippen molar-refractivity contribution in [2.75, 3.05) is 18.0 Å². The number of hydrogen-bond acceptors (Lipinski definition) is 4. The Morgan fingerprint density at radius 3 is 2.19 bits per heavy atom. The van der Waals surface area contributed by atoms with E-state index < -0.39 is 10.0 Å². The van der Waals surface area contributed by atoms with E-state index in [2.05, 4.69) is 19.2 Å². The molecule has 0 aliphatic heterocycles. The van der Waals surface area contributed by atoms with Crippen molar-refractivity contribution in [3.63, 3.8) is 0 Å². The minimum Gasteiger partial charge on any atom is -0.497 e. The first-order valence-corrected chi connectivity index (χ1v) is 13.7. The predicted molar refractivity (Wildman–Crippen MR) is 145 cm³/mol. The van der Waals surface area contributed by atoms with Crippen LogP contribution in [0.25, 0.3) is 0 Å². The SMILES string of the molecule is CCc1ccccc1N(CC(=O)NC(CC(C)C)c1ccc(OC)cc1)S(=O)(=O)c1ccc(C)cc1. The summed E-state index contributed by atoms with van der Waals surface area (Å²) in [5.41, 5.74) is 3.28. The molecule has 36 heavy (non-hydrogen) atoms.